The molecule has 2 N–H and O–H groups in total. The van der Waals surface area contributed by atoms with Crippen molar-refractivity contribution in [2.24, 2.45) is 39.9 Å². The third-order valence-electron chi connectivity index (χ3n) is 9.40. The van der Waals surface area contributed by atoms with Crippen LogP contribution in [0.15, 0.2) is 0 Å². The number of hydrogen-bond donors (Lipinski definition) is 2. The van der Waals surface area contributed by atoms with E-state index in [1.165, 1.54) is 25.7 Å². The second kappa shape index (κ2) is 6.04. The van der Waals surface area contributed by atoms with Crippen molar-refractivity contribution in [3.05, 3.63) is 0 Å². The highest BCUT2D eigenvalue weighted by molar-refractivity contribution is 7.84. The summed E-state index contributed by atoms with van der Waals surface area (Å²) < 4.78 is 11.9. The predicted molar refractivity (Wildman–Crippen MR) is 102 cm³/mol. The fourth-order valence-electron chi connectivity index (χ4n) is 8.30. The standard InChI is InChI=1S/C21H36O3S/c1-19(13-22)7-4-8-20(2)16(19)6-10-21-9-5-14(11-17(20)21)15(18(21)23)12-25(3)24/h14-18,22-23H,4-13H2,1-3H3/t14-,15+,16?,17?,18-,19+,20-,21+,25?/m1/s1. The van der Waals surface area contributed by atoms with Gasteiger partial charge in [-0.05, 0) is 84.9 Å². The van der Waals surface area contributed by atoms with Crippen molar-refractivity contribution in [2.75, 3.05) is 18.6 Å². The summed E-state index contributed by atoms with van der Waals surface area (Å²) in [4.78, 5) is 0. The Morgan fingerprint density at radius 2 is 1.80 bits per heavy atom. The molecule has 0 aromatic heterocycles. The molecule has 0 saturated heterocycles. The van der Waals surface area contributed by atoms with Gasteiger partial charge in [-0.25, -0.2) is 0 Å². The topological polar surface area (TPSA) is 57.5 Å². The Balaban J connectivity index is 1.70. The highest BCUT2D eigenvalue weighted by Crippen LogP contribution is 2.72. The van der Waals surface area contributed by atoms with Gasteiger partial charge >= 0.3 is 0 Å². The average Bonchev–Trinajstić information content (AvgIpc) is 2.57. The summed E-state index contributed by atoms with van der Waals surface area (Å²) in [5, 5.41) is 21.5. The molecule has 2 bridgehead atoms. The molecule has 0 heterocycles. The number of fused-ring (bicyclic) bond motifs is 3. The molecule has 0 aliphatic heterocycles. The monoisotopic (exact) mass is 368 g/mol. The molecule has 144 valence electrons. The minimum absolute atomic E-state index is 0.0533. The molecule has 0 radical (unpaired) electrons. The van der Waals surface area contributed by atoms with E-state index >= 15 is 0 Å². The second-order valence-corrected chi connectivity index (χ2v) is 11.9. The van der Waals surface area contributed by atoms with Gasteiger partial charge in [0, 0.05) is 29.4 Å². The van der Waals surface area contributed by atoms with Gasteiger partial charge in [0.05, 0.1) is 6.10 Å². The van der Waals surface area contributed by atoms with Crippen LogP contribution in [0.3, 0.4) is 0 Å². The summed E-state index contributed by atoms with van der Waals surface area (Å²) >= 11 is 0. The van der Waals surface area contributed by atoms with Crippen LogP contribution in [0.5, 0.6) is 0 Å². The molecule has 4 heteroatoms. The third kappa shape index (κ3) is 2.46. The second-order valence-electron chi connectivity index (χ2n) is 10.4. The number of rotatable bonds is 3. The first-order chi connectivity index (χ1) is 11.8. The van der Waals surface area contributed by atoms with Crippen molar-refractivity contribution < 1.29 is 14.4 Å². The Bertz CT molecular complexity index is 565. The zero-order valence-corrected chi connectivity index (χ0v) is 17.0. The number of aliphatic hydroxyl groups is 2. The summed E-state index contributed by atoms with van der Waals surface area (Å²) in [5.41, 5.74) is 0.363. The Hall–Kier alpha value is 0.0700. The molecule has 5 aliphatic rings. The van der Waals surface area contributed by atoms with E-state index in [-0.39, 0.29) is 28.3 Å². The van der Waals surface area contributed by atoms with Crippen LogP contribution in [-0.2, 0) is 10.8 Å². The van der Waals surface area contributed by atoms with Gasteiger partial charge in [0.15, 0.2) is 0 Å². The Kier molecular flexibility index (Phi) is 4.45. The van der Waals surface area contributed by atoms with Gasteiger partial charge in [-0.3, -0.25) is 4.21 Å². The van der Waals surface area contributed by atoms with Crippen molar-refractivity contribution in [1.82, 2.24) is 0 Å². The molecular formula is C21H36O3S. The smallest absolute Gasteiger partial charge is 0.0638 e. The molecular weight excluding hydrogens is 332 g/mol. The minimum Gasteiger partial charge on any atom is -0.396 e. The van der Waals surface area contributed by atoms with E-state index in [1.807, 2.05) is 0 Å². The van der Waals surface area contributed by atoms with Crippen LogP contribution in [0.2, 0.25) is 0 Å². The maximum absolute atomic E-state index is 11.9. The van der Waals surface area contributed by atoms with Crippen molar-refractivity contribution in [1.29, 1.82) is 0 Å². The summed E-state index contributed by atoms with van der Waals surface area (Å²) in [6.07, 6.45) is 11.0. The largest absolute Gasteiger partial charge is 0.396 e. The molecule has 9 atom stereocenters. The number of hydrogen-bond acceptors (Lipinski definition) is 3. The summed E-state index contributed by atoms with van der Waals surface area (Å²) in [6.45, 7) is 5.08. The minimum atomic E-state index is -0.826. The van der Waals surface area contributed by atoms with Crippen LogP contribution in [0.4, 0.5) is 0 Å². The Morgan fingerprint density at radius 1 is 1.08 bits per heavy atom. The predicted octanol–water partition coefficient (Wildman–Crippen LogP) is 3.36. The molecule has 1 spiro atoms. The lowest BCUT2D eigenvalue weighted by Gasteiger charge is -2.70. The Labute approximate surface area is 155 Å². The summed E-state index contributed by atoms with van der Waals surface area (Å²) in [5.74, 6) is 2.63. The maximum Gasteiger partial charge on any atom is 0.0638 e. The maximum atomic E-state index is 11.9. The fourth-order valence-corrected chi connectivity index (χ4v) is 9.29. The van der Waals surface area contributed by atoms with Gasteiger partial charge in [0.25, 0.3) is 0 Å². The SMILES string of the molecule is CS(=O)C[C@H]1[C@@H]2CC[C@@]3(CCC4[C@](C)(CO)CCC[C@@]4(C)C3C2)[C@@H]1O. The highest BCUT2D eigenvalue weighted by Gasteiger charge is 2.67. The molecule has 5 rings (SSSR count). The van der Waals surface area contributed by atoms with Crippen molar-refractivity contribution in [3.8, 4) is 0 Å². The van der Waals surface area contributed by atoms with Crippen LogP contribution < -0.4 is 0 Å². The first-order valence-electron chi connectivity index (χ1n) is 10.4. The van der Waals surface area contributed by atoms with Crippen LogP contribution in [0.1, 0.15) is 65.2 Å². The molecule has 3 unspecified atom stereocenters. The van der Waals surface area contributed by atoms with E-state index in [0.717, 1.165) is 25.7 Å². The number of aliphatic hydroxyl groups excluding tert-OH is 2. The lowest BCUT2D eigenvalue weighted by Crippen LogP contribution is -2.67. The van der Waals surface area contributed by atoms with Gasteiger partial charge in [-0.2, -0.15) is 0 Å². The fraction of sp³-hybridized carbons (Fsp3) is 1.00. The molecule has 3 nitrogen and oxygen atoms in total. The van der Waals surface area contributed by atoms with Gasteiger partial charge < -0.3 is 10.2 Å². The molecule has 5 aliphatic carbocycles. The van der Waals surface area contributed by atoms with Gasteiger partial charge in [-0.1, -0.05) is 20.3 Å². The molecule has 0 aromatic rings. The van der Waals surface area contributed by atoms with Gasteiger partial charge in [0.1, 0.15) is 0 Å². The lowest BCUT2D eigenvalue weighted by atomic mass is 9.35. The quantitative estimate of drug-likeness (QED) is 0.803. The molecule has 5 saturated carbocycles. The first-order valence-corrected chi connectivity index (χ1v) is 12.1. The summed E-state index contributed by atoms with van der Waals surface area (Å²) in [6, 6.07) is 0. The van der Waals surface area contributed by atoms with Crippen LogP contribution in [-0.4, -0.2) is 39.1 Å². The summed E-state index contributed by atoms with van der Waals surface area (Å²) in [7, 11) is -0.826. The highest BCUT2D eigenvalue weighted by atomic mass is 32.2. The van der Waals surface area contributed by atoms with Crippen molar-refractivity contribution in [3.63, 3.8) is 0 Å². The van der Waals surface area contributed by atoms with E-state index in [4.69, 9.17) is 0 Å². The van der Waals surface area contributed by atoms with E-state index in [1.54, 1.807) is 6.26 Å². The molecule has 25 heavy (non-hydrogen) atoms. The van der Waals surface area contributed by atoms with Crippen molar-refractivity contribution >= 4 is 10.8 Å². The van der Waals surface area contributed by atoms with Crippen molar-refractivity contribution in [2.45, 2.75) is 71.3 Å². The van der Waals surface area contributed by atoms with Gasteiger partial charge in [0.2, 0.25) is 0 Å². The van der Waals surface area contributed by atoms with E-state index in [9.17, 15) is 14.4 Å². The normalized spacial score (nSPS) is 56.1. The molecule has 5 fully saturated rings. The van der Waals surface area contributed by atoms with E-state index < -0.39 is 10.8 Å². The van der Waals surface area contributed by atoms with Crippen LogP contribution in [0.25, 0.3) is 0 Å². The zero-order chi connectivity index (χ0) is 18.0. The van der Waals surface area contributed by atoms with E-state index in [0.29, 0.717) is 30.1 Å². The third-order valence-corrected chi connectivity index (χ3v) is 10.3. The Morgan fingerprint density at radius 3 is 2.48 bits per heavy atom. The lowest BCUT2D eigenvalue weighted by molar-refractivity contribution is -0.243. The zero-order valence-electron chi connectivity index (χ0n) is 16.2. The average molecular weight is 369 g/mol. The van der Waals surface area contributed by atoms with Gasteiger partial charge in [-0.15, -0.1) is 0 Å². The molecule has 0 aromatic carbocycles. The van der Waals surface area contributed by atoms with E-state index in [2.05, 4.69) is 13.8 Å². The first kappa shape index (κ1) is 18.4. The van der Waals surface area contributed by atoms with Crippen LogP contribution in [0, 0.1) is 39.9 Å². The van der Waals surface area contributed by atoms with Crippen LogP contribution >= 0.6 is 0 Å². The molecule has 0 amide bonds.